The maximum absolute atomic E-state index is 13.9. The smallest absolute Gasteiger partial charge is 0.278 e. The Morgan fingerprint density at radius 1 is 0.939 bits per heavy atom. The van der Waals surface area contributed by atoms with Crippen molar-refractivity contribution in [2.75, 3.05) is 62.1 Å². The van der Waals surface area contributed by atoms with E-state index >= 15 is 0 Å². The molecule has 0 amide bonds. The lowest BCUT2D eigenvalue weighted by atomic mass is 10.1. The van der Waals surface area contributed by atoms with Gasteiger partial charge in [-0.2, -0.15) is 4.98 Å². The Morgan fingerprint density at radius 3 is 2.37 bits per heavy atom. The zero-order chi connectivity index (χ0) is 34.7. The fourth-order valence-corrected chi connectivity index (χ4v) is 8.79. The summed E-state index contributed by atoms with van der Waals surface area (Å²) < 4.78 is 59.8. The van der Waals surface area contributed by atoms with E-state index < -0.39 is 19.9 Å². The largest absolute Gasteiger partial charge is 0.494 e. The summed E-state index contributed by atoms with van der Waals surface area (Å²) in [5, 5.41) is 5.48. The molecular weight excluding hydrogens is 687 g/mol. The van der Waals surface area contributed by atoms with Crippen molar-refractivity contribution in [2.24, 2.45) is 0 Å². The molecule has 1 aliphatic rings. The average Bonchev–Trinajstić information content (AvgIpc) is 3.72. The lowest BCUT2D eigenvalue weighted by Gasteiger charge is -2.37. The highest BCUT2D eigenvalue weighted by molar-refractivity contribution is 7.90. The Labute approximate surface area is 287 Å². The van der Waals surface area contributed by atoms with E-state index in [2.05, 4.69) is 15.1 Å². The average molecular weight is 722 g/mol. The molecule has 0 spiro atoms. The molecule has 0 saturated carbocycles. The molecule has 1 N–H and O–H groups in total. The number of thiophene rings is 1. The Bertz CT molecular complexity index is 2520. The summed E-state index contributed by atoms with van der Waals surface area (Å²) in [4.78, 5) is 28.0. The van der Waals surface area contributed by atoms with E-state index in [-0.39, 0.29) is 33.5 Å². The summed E-state index contributed by atoms with van der Waals surface area (Å²) in [7, 11) is -5.52. The van der Waals surface area contributed by atoms with Crippen molar-refractivity contribution in [2.45, 2.75) is 18.7 Å². The molecule has 0 bridgehead atoms. The van der Waals surface area contributed by atoms with Crippen molar-refractivity contribution in [3.63, 3.8) is 0 Å². The van der Waals surface area contributed by atoms with Crippen LogP contribution in [0.1, 0.15) is 11.1 Å². The van der Waals surface area contributed by atoms with Gasteiger partial charge in [-0.15, -0.1) is 11.3 Å². The van der Waals surface area contributed by atoms with Crippen LogP contribution in [-0.4, -0.2) is 91.9 Å². The first kappa shape index (κ1) is 33.0. The minimum atomic E-state index is -4.04. The van der Waals surface area contributed by atoms with Gasteiger partial charge in [-0.05, 0) is 55.1 Å². The topological polar surface area (TPSA) is 148 Å². The van der Waals surface area contributed by atoms with Crippen molar-refractivity contribution < 1.29 is 21.6 Å². The number of nitrogens with one attached hydrogen (secondary N) is 1. The van der Waals surface area contributed by atoms with Gasteiger partial charge in [0.1, 0.15) is 20.3 Å². The molecule has 1 fully saturated rings. The highest BCUT2D eigenvalue weighted by Gasteiger charge is 2.25. The summed E-state index contributed by atoms with van der Waals surface area (Å²) in [6.07, 6.45) is 2.69. The van der Waals surface area contributed by atoms with Crippen LogP contribution in [-0.2, 0) is 19.9 Å². The van der Waals surface area contributed by atoms with E-state index in [1.807, 2.05) is 26.0 Å². The predicted octanol–water partition coefficient (Wildman–Crippen LogP) is 4.03. The number of anilines is 3. The Morgan fingerprint density at radius 2 is 1.67 bits per heavy atom. The summed E-state index contributed by atoms with van der Waals surface area (Å²) in [6, 6.07) is 13.8. The van der Waals surface area contributed by atoms with E-state index in [0.29, 0.717) is 46.7 Å². The van der Waals surface area contributed by atoms with Gasteiger partial charge in [0.05, 0.1) is 34.3 Å². The summed E-state index contributed by atoms with van der Waals surface area (Å²) in [5.41, 5.74) is 3.93. The maximum atomic E-state index is 13.9. The Balaban J connectivity index is 1.31. The van der Waals surface area contributed by atoms with Gasteiger partial charge < -0.3 is 15.0 Å². The predicted molar refractivity (Wildman–Crippen MR) is 193 cm³/mol. The van der Waals surface area contributed by atoms with Crippen LogP contribution < -0.4 is 20.5 Å². The maximum Gasteiger partial charge on any atom is 0.278 e. The number of sulfone groups is 1. The molecule has 1 aliphatic heterocycles. The van der Waals surface area contributed by atoms with Crippen molar-refractivity contribution in [3.8, 4) is 5.75 Å². The van der Waals surface area contributed by atoms with E-state index in [4.69, 9.17) is 14.7 Å². The van der Waals surface area contributed by atoms with E-state index in [0.717, 1.165) is 33.9 Å². The molecule has 7 rings (SSSR count). The molecular formula is C33H35N7O6S3. The molecule has 13 nitrogen and oxygen atoms in total. The number of benzene rings is 2. The second-order valence-corrected chi connectivity index (χ2v) is 17.2. The van der Waals surface area contributed by atoms with Gasteiger partial charge >= 0.3 is 0 Å². The van der Waals surface area contributed by atoms with Crippen molar-refractivity contribution in [1.29, 1.82) is 0 Å². The summed E-state index contributed by atoms with van der Waals surface area (Å²) >= 11 is 1.27. The zero-order valence-electron chi connectivity index (χ0n) is 27.4. The minimum Gasteiger partial charge on any atom is -0.494 e. The first-order chi connectivity index (χ1) is 23.3. The summed E-state index contributed by atoms with van der Waals surface area (Å²) in [5.74, 6) is 0.712. The molecule has 0 unspecified atom stereocenters. The van der Waals surface area contributed by atoms with Gasteiger partial charge in [0, 0.05) is 56.9 Å². The molecule has 5 heterocycles. The quantitative estimate of drug-likeness (QED) is 0.231. The third kappa shape index (κ3) is 6.13. The van der Waals surface area contributed by atoms with Gasteiger partial charge in [-0.1, -0.05) is 17.7 Å². The number of piperazine rings is 1. The second-order valence-electron chi connectivity index (χ2n) is 12.2. The van der Waals surface area contributed by atoms with Gasteiger partial charge in [0.2, 0.25) is 5.95 Å². The molecule has 0 atom stereocenters. The van der Waals surface area contributed by atoms with Crippen LogP contribution in [0.3, 0.4) is 0 Å². The van der Waals surface area contributed by atoms with Crippen LogP contribution in [0.5, 0.6) is 5.75 Å². The van der Waals surface area contributed by atoms with E-state index in [1.54, 1.807) is 48.9 Å². The first-order valence-corrected chi connectivity index (χ1v) is 20.0. The molecule has 6 aromatic rings. The summed E-state index contributed by atoms with van der Waals surface area (Å²) in [6.45, 7) is 7.26. The lowest BCUT2D eigenvalue weighted by Crippen LogP contribution is -2.47. The molecule has 0 radical (unpaired) electrons. The molecule has 0 aliphatic carbocycles. The van der Waals surface area contributed by atoms with Crippen LogP contribution in [0.15, 0.2) is 69.8 Å². The molecule has 1 saturated heterocycles. The van der Waals surface area contributed by atoms with Crippen LogP contribution in [0, 0.1) is 13.8 Å². The first-order valence-electron chi connectivity index (χ1n) is 15.6. The molecule has 49 heavy (non-hydrogen) atoms. The van der Waals surface area contributed by atoms with Crippen LogP contribution in [0.25, 0.3) is 26.9 Å². The van der Waals surface area contributed by atoms with Gasteiger partial charge in [-0.25, -0.2) is 30.2 Å². The third-order valence-electron chi connectivity index (χ3n) is 8.80. The highest BCUT2D eigenvalue weighted by atomic mass is 32.2. The number of nitrogens with zero attached hydrogens (tertiary/aromatic N) is 6. The number of ether oxygens (including phenoxy) is 1. The second kappa shape index (κ2) is 12.4. The Hall–Kier alpha value is -4.51. The molecule has 256 valence electrons. The Kier molecular flexibility index (Phi) is 8.37. The van der Waals surface area contributed by atoms with Crippen molar-refractivity contribution >= 4 is 75.4 Å². The number of rotatable bonds is 9. The lowest BCUT2D eigenvalue weighted by molar-refractivity contribution is 0.272. The van der Waals surface area contributed by atoms with Crippen molar-refractivity contribution in [3.05, 3.63) is 81.6 Å². The van der Waals surface area contributed by atoms with Gasteiger partial charge in [0.15, 0.2) is 11.3 Å². The van der Waals surface area contributed by atoms with Crippen molar-refractivity contribution in [1.82, 2.24) is 23.2 Å². The standard InChI is InChI=1S/C33H35N7O6S3/c1-21-5-7-23(8-6-21)49(44,45)39-11-9-24-30(39)36-33(40-31(24)34-25-10-17-47-29(25)32(40)41)35-26-19-22(2)27(20-28(26)46-3)38-14-12-37(13-15-38)16-18-48(4,42)43/h5-11,17,19-20H,12-16,18H2,1-4H3,(H,35,36). The fraction of sp³-hybridized carbons (Fsp3) is 0.303. The number of hydrogen-bond acceptors (Lipinski definition) is 12. The number of aryl methyl sites for hydroxylation is 2. The SMILES string of the molecule is COc1cc(N2CCN(CCS(C)(=O)=O)CC2)c(C)cc1Nc1nc2c(ccn2S(=O)(=O)c2ccc(C)cc2)c2nc3ccsc3c(=O)n12. The minimum absolute atomic E-state index is 0.0827. The number of hydrogen-bond donors (Lipinski definition) is 1. The number of aromatic nitrogens is 4. The van der Waals surface area contributed by atoms with Gasteiger partial charge in [0.25, 0.3) is 15.6 Å². The number of fused-ring (bicyclic) bond motifs is 4. The van der Waals surface area contributed by atoms with Crippen LogP contribution >= 0.6 is 11.3 Å². The normalized spacial score (nSPS) is 14.7. The van der Waals surface area contributed by atoms with Crippen LogP contribution in [0.4, 0.5) is 17.3 Å². The highest BCUT2D eigenvalue weighted by Crippen LogP contribution is 2.36. The van der Waals surface area contributed by atoms with E-state index in [9.17, 15) is 21.6 Å². The molecule has 16 heteroatoms. The fourth-order valence-electron chi connectivity index (χ4n) is 6.14. The molecule has 4 aromatic heterocycles. The monoisotopic (exact) mass is 721 g/mol. The van der Waals surface area contributed by atoms with Crippen LogP contribution in [0.2, 0.25) is 0 Å². The van der Waals surface area contributed by atoms with Gasteiger partial charge in [-0.3, -0.25) is 9.69 Å². The van der Waals surface area contributed by atoms with E-state index in [1.165, 1.54) is 28.2 Å². The number of methoxy groups -OCH3 is 1. The molecule has 2 aromatic carbocycles. The zero-order valence-corrected chi connectivity index (χ0v) is 29.8. The third-order valence-corrected chi connectivity index (χ3v) is 12.3.